The van der Waals surface area contributed by atoms with Crippen LogP contribution in [0.4, 0.5) is 8.78 Å². The number of aryl methyl sites for hydroxylation is 1. The summed E-state index contributed by atoms with van der Waals surface area (Å²) in [6, 6.07) is 17.8. The fourth-order valence-electron chi connectivity index (χ4n) is 4.44. The van der Waals surface area contributed by atoms with E-state index in [0.29, 0.717) is 11.5 Å². The van der Waals surface area contributed by atoms with Crippen LogP contribution in [-0.2, 0) is 6.42 Å². The maximum atomic E-state index is 14.7. The Kier molecular flexibility index (Phi) is 4.92. The molecule has 2 atom stereocenters. The van der Waals surface area contributed by atoms with Crippen LogP contribution >= 0.6 is 0 Å². The SMILES string of the molecule is CC(C)c1ccc([C@@H]2c3ccc(O)cc3CC[C@@H]2c2ccc(F)cc2F)cc1. The zero-order valence-electron chi connectivity index (χ0n) is 16.1. The van der Waals surface area contributed by atoms with Crippen LogP contribution in [0.2, 0.25) is 0 Å². The maximum Gasteiger partial charge on any atom is 0.129 e. The van der Waals surface area contributed by atoms with Gasteiger partial charge < -0.3 is 5.11 Å². The summed E-state index contributed by atoms with van der Waals surface area (Å²) in [5, 5.41) is 9.90. The van der Waals surface area contributed by atoms with Gasteiger partial charge >= 0.3 is 0 Å². The first-order chi connectivity index (χ1) is 13.4. The van der Waals surface area contributed by atoms with Crippen molar-refractivity contribution in [3.63, 3.8) is 0 Å². The molecule has 0 aromatic heterocycles. The third kappa shape index (κ3) is 3.42. The largest absolute Gasteiger partial charge is 0.508 e. The Labute approximate surface area is 164 Å². The van der Waals surface area contributed by atoms with Crippen molar-refractivity contribution in [2.24, 2.45) is 0 Å². The van der Waals surface area contributed by atoms with Gasteiger partial charge in [0.05, 0.1) is 0 Å². The lowest BCUT2D eigenvalue weighted by Crippen LogP contribution is -2.21. The molecule has 0 fully saturated rings. The van der Waals surface area contributed by atoms with E-state index in [1.54, 1.807) is 12.1 Å². The Morgan fingerprint density at radius 2 is 1.61 bits per heavy atom. The van der Waals surface area contributed by atoms with Crippen molar-refractivity contribution in [3.05, 3.63) is 100 Å². The molecular formula is C25H24F2O. The highest BCUT2D eigenvalue weighted by Crippen LogP contribution is 2.47. The van der Waals surface area contributed by atoms with Crippen molar-refractivity contribution in [2.75, 3.05) is 0 Å². The number of hydrogen-bond donors (Lipinski definition) is 1. The number of phenolic OH excluding ortho intramolecular Hbond substituents is 1. The molecule has 0 unspecified atom stereocenters. The fraction of sp³-hybridized carbons (Fsp3) is 0.280. The number of rotatable bonds is 3. The molecule has 3 aromatic carbocycles. The van der Waals surface area contributed by atoms with E-state index in [9.17, 15) is 13.9 Å². The van der Waals surface area contributed by atoms with E-state index >= 15 is 0 Å². The molecule has 0 saturated heterocycles. The molecular weight excluding hydrogens is 354 g/mol. The molecule has 0 bridgehead atoms. The normalized spacial score (nSPS) is 18.9. The third-order valence-corrected chi connectivity index (χ3v) is 5.91. The summed E-state index contributed by atoms with van der Waals surface area (Å²) in [6.45, 7) is 4.31. The number of aromatic hydroxyl groups is 1. The molecule has 4 rings (SSSR count). The Morgan fingerprint density at radius 3 is 2.29 bits per heavy atom. The molecule has 1 aliphatic carbocycles. The summed E-state index contributed by atoms with van der Waals surface area (Å²) < 4.78 is 28.1. The van der Waals surface area contributed by atoms with Gasteiger partial charge in [0.25, 0.3) is 0 Å². The quantitative estimate of drug-likeness (QED) is 0.540. The molecule has 28 heavy (non-hydrogen) atoms. The summed E-state index contributed by atoms with van der Waals surface area (Å²) in [4.78, 5) is 0. The van der Waals surface area contributed by atoms with E-state index in [1.807, 2.05) is 12.1 Å². The minimum absolute atomic E-state index is 0.0366. The number of hydrogen-bond acceptors (Lipinski definition) is 1. The monoisotopic (exact) mass is 378 g/mol. The van der Waals surface area contributed by atoms with E-state index in [4.69, 9.17) is 0 Å². The third-order valence-electron chi connectivity index (χ3n) is 5.91. The van der Waals surface area contributed by atoms with Crippen molar-refractivity contribution in [1.82, 2.24) is 0 Å². The van der Waals surface area contributed by atoms with Gasteiger partial charge in [-0.05, 0) is 70.7 Å². The number of halogens is 2. The zero-order chi connectivity index (χ0) is 19.8. The van der Waals surface area contributed by atoms with Crippen LogP contribution in [0.25, 0.3) is 0 Å². The van der Waals surface area contributed by atoms with Gasteiger partial charge in [0.15, 0.2) is 0 Å². The van der Waals surface area contributed by atoms with Crippen LogP contribution < -0.4 is 0 Å². The summed E-state index contributed by atoms with van der Waals surface area (Å²) in [5.74, 6) is -0.474. The molecule has 1 N–H and O–H groups in total. The van der Waals surface area contributed by atoms with E-state index in [-0.39, 0.29) is 17.6 Å². The molecule has 144 valence electrons. The highest BCUT2D eigenvalue weighted by atomic mass is 19.1. The average Bonchev–Trinajstić information content (AvgIpc) is 2.67. The van der Waals surface area contributed by atoms with Gasteiger partial charge in [-0.25, -0.2) is 8.78 Å². The second-order valence-corrected chi connectivity index (χ2v) is 7.99. The van der Waals surface area contributed by atoms with Gasteiger partial charge in [-0.1, -0.05) is 50.2 Å². The predicted molar refractivity (Wildman–Crippen MR) is 108 cm³/mol. The van der Waals surface area contributed by atoms with E-state index in [0.717, 1.165) is 35.6 Å². The molecule has 0 aliphatic heterocycles. The molecule has 0 saturated carbocycles. The fourth-order valence-corrected chi connectivity index (χ4v) is 4.44. The van der Waals surface area contributed by atoms with Crippen LogP contribution in [0.15, 0.2) is 60.7 Å². The predicted octanol–water partition coefficient (Wildman–Crippen LogP) is 6.66. The highest BCUT2D eigenvalue weighted by molar-refractivity contribution is 5.48. The summed E-state index contributed by atoms with van der Waals surface area (Å²) in [7, 11) is 0. The van der Waals surface area contributed by atoms with Crippen LogP contribution in [0, 0.1) is 11.6 Å². The lowest BCUT2D eigenvalue weighted by molar-refractivity contribution is 0.464. The molecule has 0 spiro atoms. The standard InChI is InChI=1S/C25H24F2O/c1-15(2)16-3-5-17(6-4-16)25-21-12-9-20(28)13-18(21)7-10-23(25)22-11-8-19(26)14-24(22)27/h3-6,8-9,11-15,23,25,28H,7,10H2,1-2H3/t23-,25-/m1/s1. The topological polar surface area (TPSA) is 20.2 Å². The summed E-state index contributed by atoms with van der Waals surface area (Å²) in [5.41, 5.74) is 5.13. The highest BCUT2D eigenvalue weighted by Gasteiger charge is 2.33. The van der Waals surface area contributed by atoms with Crippen LogP contribution in [-0.4, -0.2) is 5.11 Å². The Bertz CT molecular complexity index is 992. The van der Waals surface area contributed by atoms with Gasteiger partial charge in [0, 0.05) is 12.0 Å². The van der Waals surface area contributed by atoms with Crippen molar-refractivity contribution in [2.45, 2.75) is 44.4 Å². The van der Waals surface area contributed by atoms with Gasteiger partial charge in [-0.15, -0.1) is 0 Å². The van der Waals surface area contributed by atoms with Gasteiger partial charge in [-0.3, -0.25) is 0 Å². The van der Waals surface area contributed by atoms with Crippen molar-refractivity contribution in [3.8, 4) is 5.75 Å². The molecule has 1 aliphatic rings. The van der Waals surface area contributed by atoms with Gasteiger partial charge in [0.2, 0.25) is 0 Å². The van der Waals surface area contributed by atoms with Crippen LogP contribution in [0.1, 0.15) is 65.8 Å². The Balaban J connectivity index is 1.84. The smallest absolute Gasteiger partial charge is 0.129 e. The Hall–Kier alpha value is -2.68. The summed E-state index contributed by atoms with van der Waals surface area (Å²) in [6.07, 6.45) is 1.50. The average molecular weight is 378 g/mol. The molecule has 0 amide bonds. The molecule has 0 heterocycles. The Morgan fingerprint density at radius 1 is 0.893 bits per heavy atom. The van der Waals surface area contributed by atoms with Gasteiger partial charge in [-0.2, -0.15) is 0 Å². The number of benzene rings is 3. The lowest BCUT2D eigenvalue weighted by Gasteiger charge is -2.35. The van der Waals surface area contributed by atoms with Crippen molar-refractivity contribution < 1.29 is 13.9 Å². The van der Waals surface area contributed by atoms with Crippen LogP contribution in [0.3, 0.4) is 0 Å². The van der Waals surface area contributed by atoms with Crippen LogP contribution in [0.5, 0.6) is 5.75 Å². The maximum absolute atomic E-state index is 14.7. The first kappa shape index (κ1) is 18.7. The molecule has 1 nitrogen and oxygen atoms in total. The minimum Gasteiger partial charge on any atom is -0.508 e. The number of phenols is 1. The van der Waals surface area contributed by atoms with E-state index < -0.39 is 11.6 Å². The lowest BCUT2D eigenvalue weighted by atomic mass is 9.69. The molecule has 3 heteroatoms. The van der Waals surface area contributed by atoms with Gasteiger partial charge in [0.1, 0.15) is 17.4 Å². The zero-order valence-corrected chi connectivity index (χ0v) is 16.1. The second-order valence-electron chi connectivity index (χ2n) is 7.99. The molecule has 0 radical (unpaired) electrons. The first-order valence-corrected chi connectivity index (χ1v) is 9.80. The first-order valence-electron chi connectivity index (χ1n) is 9.80. The second kappa shape index (κ2) is 7.38. The summed E-state index contributed by atoms with van der Waals surface area (Å²) >= 11 is 0. The van der Waals surface area contributed by atoms with Crippen molar-refractivity contribution >= 4 is 0 Å². The minimum atomic E-state index is -0.555. The molecule has 3 aromatic rings. The van der Waals surface area contributed by atoms with E-state index in [1.165, 1.54) is 11.6 Å². The van der Waals surface area contributed by atoms with Crippen molar-refractivity contribution in [1.29, 1.82) is 0 Å². The number of fused-ring (bicyclic) bond motifs is 1. The van der Waals surface area contributed by atoms with E-state index in [2.05, 4.69) is 38.1 Å².